The second-order valence-corrected chi connectivity index (χ2v) is 24.1. The number of fused-ring (bicyclic) bond motifs is 1. The minimum absolute atomic E-state index is 0.0201. The van der Waals surface area contributed by atoms with E-state index in [0.29, 0.717) is 28.7 Å². The summed E-state index contributed by atoms with van der Waals surface area (Å²) in [5.74, 6) is -14.4. The molecule has 2 heterocycles. The molecule has 0 aromatic heterocycles. The maximum Gasteiger partial charge on any atom is 0.305 e. The lowest BCUT2D eigenvalue weighted by Crippen LogP contribution is -2.62. The van der Waals surface area contributed by atoms with Crippen LogP contribution < -0.4 is 53.6 Å². The number of carbonyl (C=O) groups excluding carboxylic acids is 11. The van der Waals surface area contributed by atoms with Crippen molar-refractivity contribution in [3.8, 4) is 5.75 Å². The van der Waals surface area contributed by atoms with Gasteiger partial charge in [0.15, 0.2) is 0 Å². The predicted molar refractivity (Wildman–Crippen MR) is 342 cm³/mol. The number of rotatable bonds is 22. The summed E-state index contributed by atoms with van der Waals surface area (Å²) in [5, 5.41) is 63.2. The number of aliphatic hydroxyl groups is 1. The molecule has 0 bridgehead atoms. The molecule has 0 spiro atoms. The summed E-state index contributed by atoms with van der Waals surface area (Å²) in [6.45, 7) is 3.17. The van der Waals surface area contributed by atoms with Gasteiger partial charge in [0.1, 0.15) is 66.2 Å². The van der Waals surface area contributed by atoms with Crippen molar-refractivity contribution in [1.82, 2.24) is 52.8 Å². The molecule has 28 heteroatoms. The Labute approximate surface area is 549 Å². The molecule has 4 aromatic rings. The van der Waals surface area contributed by atoms with Gasteiger partial charge >= 0.3 is 11.9 Å². The van der Waals surface area contributed by atoms with Crippen LogP contribution in [0.25, 0.3) is 0 Å². The molecule has 10 atom stereocenters. The average Bonchev–Trinajstić information content (AvgIpc) is 1.78. The number of aliphatic carboxylic acids is 2. The Bertz CT molecular complexity index is 3320. The van der Waals surface area contributed by atoms with E-state index in [1.54, 1.807) is 105 Å². The number of phenolic OH excluding ortho intramolecular Hbond substituents is 1. The maximum absolute atomic E-state index is 15.1. The molecule has 11 amide bonds. The summed E-state index contributed by atoms with van der Waals surface area (Å²) in [4.78, 5) is 186. The first-order chi connectivity index (χ1) is 45.4. The number of hydrogen-bond acceptors (Lipinski definition) is 15. The van der Waals surface area contributed by atoms with E-state index in [0.717, 1.165) is 0 Å². The first kappa shape index (κ1) is 73.8. The number of amides is 11. The number of unbranched alkanes of at least 4 members (excludes halogenated alkanes) is 1. The minimum Gasteiger partial charge on any atom is -0.508 e. The highest BCUT2D eigenvalue weighted by molar-refractivity contribution is 6.00. The summed E-state index contributed by atoms with van der Waals surface area (Å²) in [6, 6.07) is 14.8. The first-order valence-electron chi connectivity index (χ1n) is 31.6. The summed E-state index contributed by atoms with van der Waals surface area (Å²) in [6.07, 6.45) is -4.15. The number of nitrogens with one attached hydrogen (secondary N) is 9. The molecule has 2 fully saturated rings. The second-order valence-electron chi connectivity index (χ2n) is 24.1. The van der Waals surface area contributed by atoms with E-state index in [-0.39, 0.29) is 82.6 Å². The van der Waals surface area contributed by atoms with E-state index in [9.17, 15) is 78.0 Å². The fourth-order valence-electron chi connectivity index (χ4n) is 11.1. The molecular formula is C67H85N11O17. The zero-order valence-electron chi connectivity index (χ0n) is 53.0. The molecule has 95 heavy (non-hydrogen) atoms. The van der Waals surface area contributed by atoms with Crippen LogP contribution in [0.5, 0.6) is 5.75 Å². The molecule has 6 rings (SSSR count). The maximum atomic E-state index is 15.1. The molecule has 0 unspecified atom stereocenters. The summed E-state index contributed by atoms with van der Waals surface area (Å²) in [5.41, 5.74) is 7.45. The fourth-order valence-corrected chi connectivity index (χ4v) is 11.1. The number of aliphatic hydroxyl groups excluding tert-OH is 1. The summed E-state index contributed by atoms with van der Waals surface area (Å²) in [7, 11) is 0. The highest BCUT2D eigenvalue weighted by Crippen LogP contribution is 2.22. The van der Waals surface area contributed by atoms with E-state index < -0.39 is 169 Å². The smallest absolute Gasteiger partial charge is 0.305 e. The van der Waals surface area contributed by atoms with Gasteiger partial charge in [-0.15, -0.1) is 0 Å². The highest BCUT2D eigenvalue weighted by atomic mass is 16.4. The largest absolute Gasteiger partial charge is 0.508 e. The van der Waals surface area contributed by atoms with Gasteiger partial charge < -0.3 is 78.9 Å². The molecule has 4 aromatic carbocycles. The van der Waals surface area contributed by atoms with Crippen LogP contribution in [-0.4, -0.2) is 176 Å². The van der Waals surface area contributed by atoms with Crippen molar-refractivity contribution in [1.29, 1.82) is 0 Å². The third-order valence-electron chi connectivity index (χ3n) is 16.1. The molecule has 2 aliphatic heterocycles. The van der Waals surface area contributed by atoms with Crippen LogP contribution in [0.4, 0.5) is 0 Å². The highest BCUT2D eigenvalue weighted by Gasteiger charge is 2.42. The van der Waals surface area contributed by atoms with Crippen LogP contribution >= 0.6 is 0 Å². The topological polar surface area (TPSA) is 440 Å². The van der Waals surface area contributed by atoms with E-state index in [1.165, 1.54) is 29.2 Å². The molecule has 0 saturated carbocycles. The SMILES string of the molecule is CC(C)C[C@@H]1NC(=O)[C@H](CCC(=O)O)NC(=O)[C@H](CCCCO)NC(=O)[C@H](Cc2ccc(O)cc2)NC(=O)[C@H](CCC(N)=O)NC(=O)[C@H](CC(=O)O)NC(=O)[C@@H](Cc2ccccc2)NC(=O)[C@H](Cc2ccccc2)NC(=O)[C@@H]2CCCN2C(=O)[C@@H](Cc2ccccc2)NC1=O. The number of carbonyl (C=O) groups is 13. The van der Waals surface area contributed by atoms with Gasteiger partial charge in [0, 0.05) is 51.7 Å². The standard InChI is InChI=1S/C67H85N11O17/c1-39(2)33-48-61(89)77-53(37-42-19-10-5-11-20-42)67(95)78-31-14-22-54(78)66(94)76-51(35-41-17-8-4-9-18-41)64(92)74-49(34-40-15-6-3-7-16-40)63(91)75-52(38-57(84)85)65(93)71-46(27-29-55(68)81)59(87)73-50(36-43-23-25-44(80)26-24-43)62(90)69-45(21-12-13-32-79)58(86)70-47(60(88)72-48)28-30-56(82)83/h3-11,15-20,23-26,39,45-54,79-80H,12-14,21-22,27-38H2,1-2H3,(H2,68,81)(H,69,90)(H,70,86)(H,71,93)(H,72,88)(H,73,87)(H,74,92)(H,75,91)(H,76,94)(H,77,89)(H,82,83)(H,84,85)/t45-,46-,47-,48-,49+,50-,51-,52-,53+,54-/m0/s1. The van der Waals surface area contributed by atoms with Gasteiger partial charge in [-0.2, -0.15) is 0 Å². The van der Waals surface area contributed by atoms with Gasteiger partial charge in [0.05, 0.1) is 6.42 Å². The number of carboxylic acid groups (broad SMARTS) is 2. The third-order valence-corrected chi connectivity index (χ3v) is 16.1. The van der Waals surface area contributed by atoms with Crippen LogP contribution in [0.3, 0.4) is 0 Å². The Morgan fingerprint density at radius 3 is 1.26 bits per heavy atom. The zero-order chi connectivity index (χ0) is 69.1. The number of hydrogen-bond donors (Lipinski definition) is 14. The van der Waals surface area contributed by atoms with Crippen LogP contribution in [0.1, 0.15) is 107 Å². The Kier molecular flexibility index (Phi) is 28.6. The van der Waals surface area contributed by atoms with Crippen molar-refractivity contribution in [3.05, 3.63) is 138 Å². The van der Waals surface area contributed by atoms with E-state index in [1.807, 2.05) is 0 Å². The molecule has 28 nitrogen and oxygen atoms in total. The Morgan fingerprint density at radius 2 is 0.821 bits per heavy atom. The third kappa shape index (κ3) is 24.0. The lowest BCUT2D eigenvalue weighted by Gasteiger charge is -2.31. The lowest BCUT2D eigenvalue weighted by atomic mass is 9.99. The van der Waals surface area contributed by atoms with Crippen LogP contribution in [0, 0.1) is 5.92 Å². The molecule has 2 aliphatic rings. The van der Waals surface area contributed by atoms with E-state index in [4.69, 9.17) is 5.73 Å². The van der Waals surface area contributed by atoms with Gasteiger partial charge in [-0.3, -0.25) is 62.3 Å². The Morgan fingerprint density at radius 1 is 0.453 bits per heavy atom. The molecule has 2 saturated heterocycles. The van der Waals surface area contributed by atoms with Crippen molar-refractivity contribution >= 4 is 76.9 Å². The average molecular weight is 1320 g/mol. The Hall–Kier alpha value is -10.3. The zero-order valence-corrected chi connectivity index (χ0v) is 53.0. The van der Waals surface area contributed by atoms with Gasteiger partial charge in [-0.25, -0.2) is 0 Å². The minimum atomic E-state index is -2.02. The molecular weight excluding hydrogens is 1230 g/mol. The van der Waals surface area contributed by atoms with Crippen molar-refractivity contribution in [3.63, 3.8) is 0 Å². The van der Waals surface area contributed by atoms with E-state index >= 15 is 4.79 Å². The summed E-state index contributed by atoms with van der Waals surface area (Å²) < 4.78 is 0. The van der Waals surface area contributed by atoms with Crippen molar-refractivity contribution in [2.24, 2.45) is 11.7 Å². The number of aromatic hydroxyl groups is 1. The Balaban J connectivity index is 1.48. The van der Waals surface area contributed by atoms with Crippen molar-refractivity contribution < 1.29 is 82.8 Å². The second kappa shape index (κ2) is 36.9. The lowest BCUT2D eigenvalue weighted by molar-refractivity contribution is -0.143. The van der Waals surface area contributed by atoms with E-state index in [2.05, 4.69) is 47.9 Å². The number of phenols is 1. The number of nitrogens with zero attached hydrogens (tertiary/aromatic N) is 1. The van der Waals surface area contributed by atoms with Crippen LogP contribution in [-0.2, 0) is 88.0 Å². The predicted octanol–water partition coefficient (Wildman–Crippen LogP) is -0.156. The number of carboxylic acids is 2. The normalized spacial score (nSPS) is 23.4. The van der Waals surface area contributed by atoms with Gasteiger partial charge in [0.2, 0.25) is 65.0 Å². The summed E-state index contributed by atoms with van der Waals surface area (Å²) >= 11 is 0. The monoisotopic (exact) mass is 1320 g/mol. The first-order valence-corrected chi connectivity index (χ1v) is 31.6. The van der Waals surface area contributed by atoms with Crippen molar-refractivity contribution in [2.75, 3.05) is 13.2 Å². The van der Waals surface area contributed by atoms with Gasteiger partial charge in [-0.05, 0) is 91.7 Å². The molecule has 0 radical (unpaired) electrons. The molecule has 510 valence electrons. The number of primary amides is 1. The molecule has 15 N–H and O–H groups in total. The van der Waals surface area contributed by atoms with Gasteiger partial charge in [-0.1, -0.05) is 117 Å². The van der Waals surface area contributed by atoms with Gasteiger partial charge in [0.25, 0.3) is 0 Å². The van der Waals surface area contributed by atoms with Crippen molar-refractivity contribution in [2.45, 2.75) is 171 Å². The molecule has 0 aliphatic carbocycles. The van der Waals surface area contributed by atoms with Crippen LogP contribution in [0.15, 0.2) is 115 Å². The van der Waals surface area contributed by atoms with Crippen LogP contribution in [0.2, 0.25) is 0 Å². The quantitative estimate of drug-likeness (QED) is 0.0455. The number of benzene rings is 4. The fraction of sp³-hybridized carbons (Fsp3) is 0.448. The number of nitrogens with two attached hydrogens (primary N) is 1.